The lowest BCUT2D eigenvalue weighted by molar-refractivity contribution is -0.0602. The van der Waals surface area contributed by atoms with E-state index >= 15 is 0 Å². The number of hydrogen-bond donors (Lipinski definition) is 4. The lowest BCUT2D eigenvalue weighted by Crippen LogP contribution is -2.37. The highest BCUT2D eigenvalue weighted by molar-refractivity contribution is 4.95. The molecule has 94 valence electrons. The van der Waals surface area contributed by atoms with E-state index in [1.807, 2.05) is 0 Å². The largest absolute Gasteiger partial charge is 0.394 e. The van der Waals surface area contributed by atoms with E-state index in [4.69, 9.17) is 9.84 Å². The molecule has 16 heavy (non-hydrogen) atoms. The van der Waals surface area contributed by atoms with Gasteiger partial charge in [0.1, 0.15) is 18.3 Å². The Hall–Kier alpha value is -0.460. The third-order valence-electron chi connectivity index (χ3n) is 2.87. The number of aliphatic hydroxyl groups is 4. The maximum atomic E-state index is 9.93. The summed E-state index contributed by atoms with van der Waals surface area (Å²) in [6, 6.07) is 0. The Kier molecular flexibility index (Phi) is 4.46. The van der Waals surface area contributed by atoms with Crippen molar-refractivity contribution in [3.63, 3.8) is 0 Å². The van der Waals surface area contributed by atoms with Gasteiger partial charge in [0.05, 0.1) is 18.3 Å². The van der Waals surface area contributed by atoms with Crippen molar-refractivity contribution >= 4 is 0 Å². The molecule has 4 N–H and O–H groups in total. The van der Waals surface area contributed by atoms with E-state index in [2.05, 4.69) is 6.58 Å². The third-order valence-corrected chi connectivity index (χ3v) is 2.87. The van der Waals surface area contributed by atoms with Gasteiger partial charge in [0, 0.05) is 6.42 Å². The van der Waals surface area contributed by atoms with Crippen molar-refractivity contribution in [2.45, 2.75) is 49.8 Å². The van der Waals surface area contributed by atoms with Gasteiger partial charge in [0.25, 0.3) is 0 Å². The van der Waals surface area contributed by atoms with Crippen molar-refractivity contribution in [1.82, 2.24) is 0 Å². The molecule has 0 aromatic heterocycles. The number of ether oxygens (including phenoxy) is 1. The molecule has 1 aliphatic heterocycles. The van der Waals surface area contributed by atoms with Gasteiger partial charge in [-0.05, 0) is 13.3 Å². The maximum absolute atomic E-state index is 9.93. The molecule has 1 saturated heterocycles. The highest BCUT2D eigenvalue weighted by atomic mass is 16.6. The van der Waals surface area contributed by atoms with Gasteiger partial charge in [0.2, 0.25) is 0 Å². The van der Waals surface area contributed by atoms with E-state index in [0.29, 0.717) is 6.42 Å². The van der Waals surface area contributed by atoms with Gasteiger partial charge in [-0.3, -0.25) is 0 Å². The summed E-state index contributed by atoms with van der Waals surface area (Å²) in [7, 11) is 0. The van der Waals surface area contributed by atoms with Crippen LogP contribution in [0.2, 0.25) is 0 Å². The minimum Gasteiger partial charge on any atom is -0.394 e. The van der Waals surface area contributed by atoms with Gasteiger partial charge in [-0.2, -0.15) is 0 Å². The van der Waals surface area contributed by atoms with Gasteiger partial charge >= 0.3 is 0 Å². The Balaban J connectivity index is 2.59. The Morgan fingerprint density at radius 3 is 2.31 bits per heavy atom. The van der Waals surface area contributed by atoms with E-state index in [0.717, 1.165) is 0 Å². The third kappa shape index (κ3) is 3.02. The molecule has 0 aromatic carbocycles. The fraction of sp³-hybridized carbons (Fsp3) is 0.818. The predicted octanol–water partition coefficient (Wildman–Crippen LogP) is -0.815. The summed E-state index contributed by atoms with van der Waals surface area (Å²) in [6.07, 6.45) is -1.47. The van der Waals surface area contributed by atoms with E-state index in [9.17, 15) is 15.3 Å². The van der Waals surface area contributed by atoms with Crippen LogP contribution in [0.15, 0.2) is 12.7 Å². The van der Waals surface area contributed by atoms with Crippen LogP contribution in [-0.2, 0) is 4.74 Å². The molecule has 5 heteroatoms. The molecule has 0 spiro atoms. The average Bonchev–Trinajstić information content (AvgIpc) is 2.45. The molecule has 0 bridgehead atoms. The van der Waals surface area contributed by atoms with Crippen LogP contribution < -0.4 is 0 Å². The van der Waals surface area contributed by atoms with Crippen LogP contribution in [0.5, 0.6) is 0 Å². The van der Waals surface area contributed by atoms with E-state index in [1.165, 1.54) is 0 Å². The topological polar surface area (TPSA) is 90.2 Å². The van der Waals surface area contributed by atoms with E-state index < -0.39 is 30.0 Å². The molecule has 1 fully saturated rings. The zero-order valence-electron chi connectivity index (χ0n) is 9.41. The molecule has 0 aliphatic carbocycles. The first-order valence-electron chi connectivity index (χ1n) is 5.37. The van der Waals surface area contributed by atoms with Gasteiger partial charge in [-0.1, -0.05) is 6.08 Å². The summed E-state index contributed by atoms with van der Waals surface area (Å²) >= 11 is 0. The molecular formula is C11H20O5. The second-order valence-electron chi connectivity index (χ2n) is 4.57. The summed E-state index contributed by atoms with van der Waals surface area (Å²) in [4.78, 5) is 0. The molecule has 0 amide bonds. The molecule has 0 radical (unpaired) electrons. The van der Waals surface area contributed by atoms with E-state index in [-0.39, 0.29) is 13.0 Å². The molecular weight excluding hydrogens is 212 g/mol. The van der Waals surface area contributed by atoms with Crippen molar-refractivity contribution in [3.05, 3.63) is 12.7 Å². The maximum Gasteiger partial charge on any atom is 0.111 e. The molecule has 0 saturated carbocycles. The van der Waals surface area contributed by atoms with Crippen molar-refractivity contribution in [2.24, 2.45) is 0 Å². The molecule has 5 atom stereocenters. The number of hydrogen-bond acceptors (Lipinski definition) is 5. The predicted molar refractivity (Wildman–Crippen MR) is 57.8 cm³/mol. The molecule has 0 aromatic rings. The van der Waals surface area contributed by atoms with Crippen molar-refractivity contribution in [2.75, 3.05) is 6.61 Å². The molecule has 1 rings (SSSR count). The lowest BCUT2D eigenvalue weighted by atomic mass is 9.92. The average molecular weight is 232 g/mol. The van der Waals surface area contributed by atoms with Crippen LogP contribution >= 0.6 is 0 Å². The van der Waals surface area contributed by atoms with Crippen molar-refractivity contribution < 1.29 is 25.2 Å². The first-order valence-corrected chi connectivity index (χ1v) is 5.37. The van der Waals surface area contributed by atoms with Gasteiger partial charge in [-0.15, -0.1) is 6.58 Å². The SMILES string of the molecule is C=CCC(C)(O)C[C@H]1O[C@H](CO)[C@@H](O)[C@@H]1O. The van der Waals surface area contributed by atoms with Crippen LogP contribution in [0, 0.1) is 0 Å². The molecule has 1 heterocycles. The summed E-state index contributed by atoms with van der Waals surface area (Å²) in [5.74, 6) is 0. The van der Waals surface area contributed by atoms with Crippen LogP contribution in [0.1, 0.15) is 19.8 Å². The monoisotopic (exact) mass is 232 g/mol. The first kappa shape index (κ1) is 13.6. The van der Waals surface area contributed by atoms with Crippen molar-refractivity contribution in [3.8, 4) is 0 Å². The standard InChI is InChI=1S/C11H20O5/c1-3-4-11(2,15)5-7-9(13)10(14)8(6-12)16-7/h3,7-10,12-15H,1,4-6H2,2H3/t7-,8-,9-,10-,11?/m1/s1. The van der Waals surface area contributed by atoms with Crippen molar-refractivity contribution in [1.29, 1.82) is 0 Å². The lowest BCUT2D eigenvalue weighted by Gasteiger charge is -2.26. The number of rotatable bonds is 5. The Morgan fingerprint density at radius 1 is 1.31 bits per heavy atom. The van der Waals surface area contributed by atoms with Crippen LogP contribution in [-0.4, -0.2) is 57.0 Å². The van der Waals surface area contributed by atoms with Crippen LogP contribution in [0.4, 0.5) is 0 Å². The Labute approximate surface area is 95.0 Å². The highest BCUT2D eigenvalue weighted by Crippen LogP contribution is 2.28. The Bertz CT molecular complexity index is 241. The van der Waals surface area contributed by atoms with Gasteiger partial charge < -0.3 is 25.2 Å². The fourth-order valence-corrected chi connectivity index (χ4v) is 1.97. The second-order valence-corrected chi connectivity index (χ2v) is 4.57. The van der Waals surface area contributed by atoms with Crippen LogP contribution in [0.3, 0.4) is 0 Å². The summed E-state index contributed by atoms with van der Waals surface area (Å²) in [5.41, 5.74) is -1.03. The first-order chi connectivity index (χ1) is 7.41. The Morgan fingerprint density at radius 2 is 1.88 bits per heavy atom. The molecule has 1 unspecified atom stereocenters. The molecule has 1 aliphatic rings. The summed E-state index contributed by atoms with van der Waals surface area (Å²) < 4.78 is 5.27. The quantitative estimate of drug-likeness (QED) is 0.465. The summed E-state index contributed by atoms with van der Waals surface area (Å²) in [6.45, 7) is 4.80. The minimum absolute atomic E-state index is 0.188. The normalized spacial score (nSPS) is 38.3. The van der Waals surface area contributed by atoms with E-state index in [1.54, 1.807) is 13.0 Å². The zero-order valence-corrected chi connectivity index (χ0v) is 9.41. The second kappa shape index (κ2) is 5.25. The minimum atomic E-state index is -1.10. The summed E-state index contributed by atoms with van der Waals surface area (Å²) in [5, 5.41) is 38.0. The van der Waals surface area contributed by atoms with Crippen LogP contribution in [0.25, 0.3) is 0 Å². The zero-order chi connectivity index (χ0) is 12.3. The van der Waals surface area contributed by atoms with Gasteiger partial charge in [-0.25, -0.2) is 0 Å². The fourth-order valence-electron chi connectivity index (χ4n) is 1.97. The smallest absolute Gasteiger partial charge is 0.111 e. The molecule has 5 nitrogen and oxygen atoms in total. The highest BCUT2D eigenvalue weighted by Gasteiger charge is 2.44. The van der Waals surface area contributed by atoms with Gasteiger partial charge in [0.15, 0.2) is 0 Å². The number of aliphatic hydroxyl groups excluding tert-OH is 3.